The molecule has 0 amide bonds. The monoisotopic (exact) mass is 512 g/mol. The maximum absolute atomic E-state index is 12.0. The predicted octanol–water partition coefficient (Wildman–Crippen LogP) is 7.98. The molecular weight excluding hydrogens is 464 g/mol. The highest BCUT2D eigenvalue weighted by Crippen LogP contribution is 2.28. The molecule has 0 fully saturated rings. The van der Waals surface area contributed by atoms with Gasteiger partial charge in [0.15, 0.2) is 6.10 Å². The average Bonchev–Trinajstić information content (AvgIpc) is 2.81. The van der Waals surface area contributed by atoms with E-state index in [9.17, 15) is 22.9 Å². The minimum Gasteiger partial charge on any atom is -0.479 e. The van der Waals surface area contributed by atoms with Gasteiger partial charge in [-0.25, -0.2) is 4.79 Å². The standard InChI is InChI=1S/C28H48O6S/c1-3-5-7-9-11-12-13-14-16-18-20-26(28(29)30)34-25-22-21-24(23-27(25)35(31,32)33)19-17-15-10-8-6-4-2/h21-23,26H,3-20H2,1-2H3,(H,29,30)(H,31,32,33). The Morgan fingerprint density at radius 1 is 0.800 bits per heavy atom. The summed E-state index contributed by atoms with van der Waals surface area (Å²) in [6.45, 7) is 4.39. The number of rotatable bonds is 22. The summed E-state index contributed by atoms with van der Waals surface area (Å²) in [5.41, 5.74) is 0.794. The quantitative estimate of drug-likeness (QED) is 0.121. The van der Waals surface area contributed by atoms with E-state index in [0.29, 0.717) is 19.3 Å². The molecule has 1 atom stereocenters. The van der Waals surface area contributed by atoms with E-state index in [2.05, 4.69) is 13.8 Å². The van der Waals surface area contributed by atoms with Gasteiger partial charge < -0.3 is 9.84 Å². The molecule has 2 N–H and O–H groups in total. The van der Waals surface area contributed by atoms with Crippen LogP contribution in [0.3, 0.4) is 0 Å². The van der Waals surface area contributed by atoms with E-state index in [0.717, 1.165) is 44.1 Å². The van der Waals surface area contributed by atoms with Crippen LogP contribution in [0.25, 0.3) is 0 Å². The van der Waals surface area contributed by atoms with Gasteiger partial charge in [-0.05, 0) is 43.4 Å². The highest BCUT2D eigenvalue weighted by Gasteiger charge is 2.24. The van der Waals surface area contributed by atoms with Crippen molar-refractivity contribution < 1.29 is 27.6 Å². The van der Waals surface area contributed by atoms with Gasteiger partial charge in [0, 0.05) is 0 Å². The van der Waals surface area contributed by atoms with Gasteiger partial charge in [0.25, 0.3) is 10.1 Å². The van der Waals surface area contributed by atoms with Gasteiger partial charge in [-0.3, -0.25) is 4.55 Å². The lowest BCUT2D eigenvalue weighted by atomic mass is 10.0. The summed E-state index contributed by atoms with van der Waals surface area (Å²) in [6.07, 6.45) is 18.1. The molecule has 1 unspecified atom stereocenters. The SMILES string of the molecule is CCCCCCCCCCCCC(Oc1ccc(CCCCCCCC)cc1S(=O)(=O)O)C(=O)O. The molecule has 202 valence electrons. The third kappa shape index (κ3) is 14.5. The van der Waals surface area contributed by atoms with Crippen molar-refractivity contribution in [3.05, 3.63) is 23.8 Å². The molecule has 6 nitrogen and oxygen atoms in total. The Morgan fingerprint density at radius 2 is 1.29 bits per heavy atom. The van der Waals surface area contributed by atoms with E-state index in [1.807, 2.05) is 0 Å². The summed E-state index contributed by atoms with van der Waals surface area (Å²) in [6, 6.07) is 4.65. The third-order valence-electron chi connectivity index (χ3n) is 6.47. The number of hydrogen-bond donors (Lipinski definition) is 2. The van der Waals surface area contributed by atoms with Crippen LogP contribution in [0, 0.1) is 0 Å². The van der Waals surface area contributed by atoms with E-state index < -0.39 is 22.2 Å². The van der Waals surface area contributed by atoms with Crippen molar-refractivity contribution in [2.24, 2.45) is 0 Å². The molecule has 0 heterocycles. The van der Waals surface area contributed by atoms with Crippen LogP contribution in [0.2, 0.25) is 0 Å². The van der Waals surface area contributed by atoms with Gasteiger partial charge in [-0.2, -0.15) is 8.42 Å². The Labute approximate surface area is 213 Å². The second-order valence-electron chi connectivity index (χ2n) is 9.69. The Morgan fingerprint density at radius 3 is 1.77 bits per heavy atom. The first-order valence-corrected chi connectivity index (χ1v) is 15.2. The molecule has 0 saturated heterocycles. The fraction of sp³-hybridized carbons (Fsp3) is 0.750. The van der Waals surface area contributed by atoms with Crippen LogP contribution in [0.15, 0.2) is 23.1 Å². The van der Waals surface area contributed by atoms with Gasteiger partial charge in [-0.15, -0.1) is 0 Å². The number of ether oxygens (including phenoxy) is 1. The van der Waals surface area contributed by atoms with Crippen molar-refractivity contribution in [3.8, 4) is 5.75 Å². The van der Waals surface area contributed by atoms with Crippen LogP contribution in [0.5, 0.6) is 5.75 Å². The van der Waals surface area contributed by atoms with Gasteiger partial charge in [-0.1, -0.05) is 110 Å². The van der Waals surface area contributed by atoms with Gasteiger partial charge >= 0.3 is 5.97 Å². The third-order valence-corrected chi connectivity index (χ3v) is 7.34. The van der Waals surface area contributed by atoms with Crippen molar-refractivity contribution in [3.63, 3.8) is 0 Å². The zero-order valence-corrected chi connectivity index (χ0v) is 22.8. The summed E-state index contributed by atoms with van der Waals surface area (Å²) >= 11 is 0. The maximum Gasteiger partial charge on any atom is 0.344 e. The van der Waals surface area contributed by atoms with E-state index in [-0.39, 0.29) is 10.6 Å². The fourth-order valence-electron chi connectivity index (χ4n) is 4.32. The minimum absolute atomic E-state index is 0.0984. The molecule has 0 saturated carbocycles. The Kier molecular flexibility index (Phi) is 16.7. The number of carboxylic acids is 1. The summed E-state index contributed by atoms with van der Waals surface area (Å²) in [5.74, 6) is -1.22. The fourth-order valence-corrected chi connectivity index (χ4v) is 4.99. The molecule has 0 aliphatic heterocycles. The first kappa shape index (κ1) is 31.4. The molecule has 0 aliphatic rings. The van der Waals surface area contributed by atoms with Crippen LogP contribution in [0.1, 0.15) is 129 Å². The molecule has 1 aromatic rings. The average molecular weight is 513 g/mol. The zero-order valence-electron chi connectivity index (χ0n) is 22.0. The lowest BCUT2D eigenvalue weighted by Crippen LogP contribution is -2.27. The molecule has 7 heteroatoms. The van der Waals surface area contributed by atoms with Crippen LogP contribution in [-0.4, -0.2) is 30.2 Å². The number of benzene rings is 1. The highest BCUT2D eigenvalue weighted by atomic mass is 32.2. The van der Waals surface area contributed by atoms with Crippen LogP contribution < -0.4 is 4.74 Å². The molecule has 1 rings (SSSR count). The van der Waals surface area contributed by atoms with E-state index in [1.54, 1.807) is 6.07 Å². The van der Waals surface area contributed by atoms with Crippen molar-refractivity contribution >= 4 is 16.1 Å². The van der Waals surface area contributed by atoms with Crippen LogP contribution in [-0.2, 0) is 21.3 Å². The van der Waals surface area contributed by atoms with E-state index in [1.165, 1.54) is 69.9 Å². The van der Waals surface area contributed by atoms with Crippen LogP contribution >= 0.6 is 0 Å². The first-order chi connectivity index (χ1) is 16.8. The lowest BCUT2D eigenvalue weighted by Gasteiger charge is -2.17. The Hall–Kier alpha value is -1.60. The van der Waals surface area contributed by atoms with Gasteiger partial charge in [0.05, 0.1) is 0 Å². The maximum atomic E-state index is 12.0. The van der Waals surface area contributed by atoms with Crippen molar-refractivity contribution in [2.45, 2.75) is 140 Å². The van der Waals surface area contributed by atoms with Crippen molar-refractivity contribution in [1.29, 1.82) is 0 Å². The largest absolute Gasteiger partial charge is 0.479 e. The topological polar surface area (TPSA) is 101 Å². The molecular formula is C28H48O6S. The summed E-state index contributed by atoms with van der Waals surface area (Å²) < 4.78 is 39.3. The highest BCUT2D eigenvalue weighted by molar-refractivity contribution is 7.86. The zero-order chi connectivity index (χ0) is 25.9. The number of aliphatic carboxylic acids is 1. The van der Waals surface area contributed by atoms with E-state index in [4.69, 9.17) is 4.74 Å². The number of unbranched alkanes of at least 4 members (excludes halogenated alkanes) is 14. The summed E-state index contributed by atoms with van der Waals surface area (Å²) in [4.78, 5) is 11.4. The normalized spacial score (nSPS) is 12.5. The lowest BCUT2D eigenvalue weighted by molar-refractivity contribution is -0.145. The summed E-state index contributed by atoms with van der Waals surface area (Å²) in [7, 11) is -4.53. The predicted molar refractivity (Wildman–Crippen MR) is 142 cm³/mol. The second-order valence-corrected chi connectivity index (χ2v) is 11.1. The number of hydrogen-bond acceptors (Lipinski definition) is 4. The van der Waals surface area contributed by atoms with Crippen molar-refractivity contribution in [1.82, 2.24) is 0 Å². The number of carboxylic acid groups (broad SMARTS) is 1. The minimum atomic E-state index is -4.53. The smallest absolute Gasteiger partial charge is 0.344 e. The molecule has 0 bridgehead atoms. The van der Waals surface area contributed by atoms with Gasteiger partial charge in [0.1, 0.15) is 10.6 Å². The summed E-state index contributed by atoms with van der Waals surface area (Å²) in [5, 5.41) is 9.59. The Bertz CT molecular complexity index is 806. The van der Waals surface area contributed by atoms with Crippen LogP contribution in [0.4, 0.5) is 0 Å². The Balaban J connectivity index is 2.56. The number of aryl methyl sites for hydroxylation is 1. The van der Waals surface area contributed by atoms with Crippen molar-refractivity contribution in [2.75, 3.05) is 0 Å². The molecule has 0 radical (unpaired) electrons. The first-order valence-electron chi connectivity index (χ1n) is 13.8. The molecule has 35 heavy (non-hydrogen) atoms. The van der Waals surface area contributed by atoms with E-state index >= 15 is 0 Å². The second kappa shape index (κ2) is 18.6. The molecule has 0 aromatic heterocycles. The van der Waals surface area contributed by atoms with Gasteiger partial charge in [0.2, 0.25) is 0 Å². The molecule has 0 aliphatic carbocycles. The molecule has 0 spiro atoms. The molecule has 1 aromatic carbocycles. The number of carbonyl (C=O) groups is 1.